The first kappa shape index (κ1) is 24.0. The number of para-hydroxylation sites is 1. The van der Waals surface area contributed by atoms with Crippen LogP contribution in [0.5, 0.6) is 5.75 Å². The summed E-state index contributed by atoms with van der Waals surface area (Å²) in [7, 11) is 1.40. The largest absolute Gasteiger partial charge is 0.508 e. The normalized spacial score (nSPS) is 18.2. The first-order valence-corrected chi connectivity index (χ1v) is 12.6. The van der Waals surface area contributed by atoms with Crippen molar-refractivity contribution in [3.05, 3.63) is 81.8 Å². The highest BCUT2D eigenvalue weighted by Gasteiger charge is 2.35. The van der Waals surface area contributed by atoms with Crippen molar-refractivity contribution in [2.45, 2.75) is 19.0 Å². The molecule has 0 spiro atoms. The van der Waals surface area contributed by atoms with Gasteiger partial charge in [-0.05, 0) is 24.3 Å². The van der Waals surface area contributed by atoms with Crippen molar-refractivity contribution in [3.8, 4) is 5.75 Å². The van der Waals surface area contributed by atoms with Crippen molar-refractivity contribution in [2.75, 3.05) is 33.3 Å². The molecule has 0 saturated carbocycles. The summed E-state index contributed by atoms with van der Waals surface area (Å²) in [5, 5.41) is 16.7. The summed E-state index contributed by atoms with van der Waals surface area (Å²) in [6.45, 7) is 3.44. The molecule has 2 amide bonds. The molecule has 0 bridgehead atoms. The molecule has 9 nitrogen and oxygen atoms in total. The van der Waals surface area contributed by atoms with Crippen molar-refractivity contribution in [1.82, 2.24) is 19.8 Å². The summed E-state index contributed by atoms with van der Waals surface area (Å²) in [6, 6.07) is 14.2. The lowest BCUT2D eigenvalue weighted by Crippen LogP contribution is -2.48. The van der Waals surface area contributed by atoms with E-state index in [4.69, 9.17) is 4.74 Å². The zero-order valence-electron chi connectivity index (χ0n) is 19.9. The number of phenolic OH excluding ortho intramolecular Hbond substituents is 1. The van der Waals surface area contributed by atoms with Crippen molar-refractivity contribution < 1.29 is 19.4 Å². The monoisotopic (exact) mass is 505 g/mol. The van der Waals surface area contributed by atoms with Gasteiger partial charge in [-0.25, -0.2) is 9.80 Å². The number of rotatable bonds is 5. The van der Waals surface area contributed by atoms with Gasteiger partial charge in [0.1, 0.15) is 5.75 Å². The summed E-state index contributed by atoms with van der Waals surface area (Å²) < 4.78 is 4.80. The lowest BCUT2D eigenvalue weighted by atomic mass is 9.98. The minimum absolute atomic E-state index is 0.140. The predicted octanol–water partition coefficient (Wildman–Crippen LogP) is 3.72. The zero-order chi connectivity index (χ0) is 25.1. The van der Waals surface area contributed by atoms with E-state index in [0.717, 1.165) is 29.2 Å². The molecule has 0 radical (unpaired) electrons. The number of nitrogens with zero attached hydrogens (tertiary/aromatic N) is 5. The maximum absolute atomic E-state index is 13.6. The van der Waals surface area contributed by atoms with Gasteiger partial charge < -0.3 is 14.7 Å². The number of aromatic nitrogens is 1. The Hall–Kier alpha value is -3.76. The Labute approximate surface area is 213 Å². The summed E-state index contributed by atoms with van der Waals surface area (Å²) in [4.78, 5) is 35.2. The number of methoxy groups -OCH3 is 1. The summed E-state index contributed by atoms with van der Waals surface area (Å²) in [5.41, 5.74) is 2.27. The Morgan fingerprint density at radius 1 is 1.08 bits per heavy atom. The van der Waals surface area contributed by atoms with Crippen LogP contribution < -0.4 is 0 Å². The van der Waals surface area contributed by atoms with E-state index >= 15 is 0 Å². The molecular weight excluding hydrogens is 478 g/mol. The van der Waals surface area contributed by atoms with Gasteiger partial charge in [-0.2, -0.15) is 5.10 Å². The Morgan fingerprint density at radius 3 is 2.61 bits per heavy atom. The molecule has 1 atom stereocenters. The molecule has 1 unspecified atom stereocenters. The van der Waals surface area contributed by atoms with Gasteiger partial charge in [0, 0.05) is 67.5 Å². The SMILES string of the molecule is COC(=O)N1CCN(Cc2ccc(C(=O)N3N=C(c4cccnc4)CC3c3ccccc3O)s2)CC1. The van der Waals surface area contributed by atoms with Crippen LogP contribution in [0.15, 0.2) is 66.0 Å². The minimum Gasteiger partial charge on any atom is -0.508 e. The third-order valence-electron chi connectivity index (χ3n) is 6.47. The molecule has 1 N–H and O–H groups in total. The molecule has 1 saturated heterocycles. The van der Waals surface area contributed by atoms with E-state index in [-0.39, 0.29) is 17.7 Å². The van der Waals surface area contributed by atoms with Crippen LogP contribution >= 0.6 is 11.3 Å². The highest BCUT2D eigenvalue weighted by atomic mass is 32.1. The molecule has 4 heterocycles. The van der Waals surface area contributed by atoms with Crippen molar-refractivity contribution in [2.24, 2.45) is 5.10 Å². The highest BCUT2D eigenvalue weighted by molar-refractivity contribution is 7.14. The number of amides is 2. The number of phenols is 1. The van der Waals surface area contributed by atoms with Crippen LogP contribution in [-0.4, -0.2) is 75.9 Å². The van der Waals surface area contributed by atoms with Gasteiger partial charge in [0.15, 0.2) is 0 Å². The number of pyridine rings is 1. The smallest absolute Gasteiger partial charge is 0.409 e. The first-order valence-electron chi connectivity index (χ1n) is 11.8. The van der Waals surface area contributed by atoms with Crippen molar-refractivity contribution >= 4 is 29.0 Å². The molecule has 36 heavy (non-hydrogen) atoms. The number of benzene rings is 1. The molecule has 2 aliphatic rings. The standard InChI is InChI=1S/C26H27N5O4S/c1-35-26(34)30-13-11-29(12-14-30)17-19-8-9-24(36-19)25(33)31-22(20-6-2-3-7-23(20)32)15-21(28-31)18-5-4-10-27-16-18/h2-10,16,22,32H,11-15,17H2,1H3. The van der Waals surface area contributed by atoms with Crippen molar-refractivity contribution in [3.63, 3.8) is 0 Å². The lowest BCUT2D eigenvalue weighted by molar-refractivity contribution is 0.0714. The summed E-state index contributed by atoms with van der Waals surface area (Å²) in [6.07, 6.45) is 3.62. The molecule has 1 fully saturated rings. The van der Waals surface area contributed by atoms with E-state index in [1.807, 2.05) is 36.4 Å². The zero-order valence-corrected chi connectivity index (χ0v) is 20.7. The van der Waals surface area contributed by atoms with Crippen LogP contribution in [0.25, 0.3) is 0 Å². The van der Waals surface area contributed by atoms with Gasteiger partial charge in [0.05, 0.1) is 23.7 Å². The Balaban J connectivity index is 1.33. The van der Waals surface area contributed by atoms with Gasteiger partial charge in [0.2, 0.25) is 0 Å². The van der Waals surface area contributed by atoms with Crippen molar-refractivity contribution in [1.29, 1.82) is 0 Å². The van der Waals surface area contributed by atoms with Gasteiger partial charge in [-0.3, -0.25) is 14.7 Å². The van der Waals surface area contributed by atoms with E-state index in [1.54, 1.807) is 29.4 Å². The third-order valence-corrected chi connectivity index (χ3v) is 7.52. The first-order chi connectivity index (χ1) is 17.5. The fourth-order valence-corrected chi connectivity index (χ4v) is 5.53. The second-order valence-corrected chi connectivity index (χ2v) is 9.88. The number of piperazine rings is 1. The van der Waals surface area contributed by atoms with Gasteiger partial charge >= 0.3 is 6.09 Å². The van der Waals surface area contributed by atoms with Crippen LogP contribution in [0.3, 0.4) is 0 Å². The maximum Gasteiger partial charge on any atom is 0.409 e. The maximum atomic E-state index is 13.6. The fourth-order valence-electron chi connectivity index (χ4n) is 4.55. The Morgan fingerprint density at radius 2 is 1.89 bits per heavy atom. The third kappa shape index (κ3) is 4.95. The topological polar surface area (TPSA) is 98.6 Å². The van der Waals surface area contributed by atoms with E-state index in [9.17, 15) is 14.7 Å². The second-order valence-electron chi connectivity index (χ2n) is 8.72. The average molecular weight is 506 g/mol. The minimum atomic E-state index is -0.411. The number of aromatic hydroxyl groups is 1. The Kier molecular flexibility index (Phi) is 6.97. The molecule has 186 valence electrons. The van der Waals surface area contributed by atoms with E-state index < -0.39 is 6.04 Å². The molecule has 1 aromatic carbocycles. The quantitative estimate of drug-likeness (QED) is 0.568. The number of carbonyl (C=O) groups is 2. The summed E-state index contributed by atoms with van der Waals surface area (Å²) >= 11 is 1.45. The van der Waals surface area contributed by atoms with Crippen LogP contribution in [0, 0.1) is 0 Å². The van der Waals surface area contributed by atoms with E-state index in [2.05, 4.69) is 15.0 Å². The fraction of sp³-hybridized carbons (Fsp3) is 0.308. The van der Waals surface area contributed by atoms with E-state index in [0.29, 0.717) is 36.5 Å². The van der Waals surface area contributed by atoms with E-state index in [1.165, 1.54) is 23.5 Å². The van der Waals surface area contributed by atoms with Crippen LogP contribution in [0.2, 0.25) is 0 Å². The molecule has 5 rings (SSSR count). The van der Waals surface area contributed by atoms with Crippen LogP contribution in [-0.2, 0) is 11.3 Å². The molecular formula is C26H27N5O4S. The predicted molar refractivity (Wildman–Crippen MR) is 136 cm³/mol. The highest BCUT2D eigenvalue weighted by Crippen LogP contribution is 2.38. The van der Waals surface area contributed by atoms with Gasteiger partial charge in [-0.1, -0.05) is 24.3 Å². The molecule has 3 aromatic rings. The molecule has 2 aliphatic heterocycles. The molecule has 0 aliphatic carbocycles. The number of carbonyl (C=O) groups excluding carboxylic acids is 2. The van der Waals surface area contributed by atoms with Crippen LogP contribution in [0.1, 0.15) is 38.1 Å². The molecule has 2 aromatic heterocycles. The summed E-state index contributed by atoms with van der Waals surface area (Å²) in [5.74, 6) is -0.0604. The number of ether oxygens (including phenoxy) is 1. The van der Waals surface area contributed by atoms with Gasteiger partial charge in [0.25, 0.3) is 5.91 Å². The lowest BCUT2D eigenvalue weighted by Gasteiger charge is -2.33. The van der Waals surface area contributed by atoms with Gasteiger partial charge in [-0.15, -0.1) is 11.3 Å². The molecule has 10 heteroatoms. The average Bonchev–Trinajstić information content (AvgIpc) is 3.57. The number of hydrazone groups is 1. The number of hydrogen-bond acceptors (Lipinski definition) is 8. The Bertz CT molecular complexity index is 1270. The number of hydrogen-bond donors (Lipinski definition) is 1. The second kappa shape index (κ2) is 10.5. The number of thiophene rings is 1. The van der Waals surface area contributed by atoms with Crippen LogP contribution in [0.4, 0.5) is 4.79 Å².